The maximum Gasteiger partial charge on any atom is 0.355 e. The van der Waals surface area contributed by atoms with Crippen LogP contribution in [0.3, 0.4) is 0 Å². The molecule has 104 valence electrons. The molecule has 1 aromatic heterocycles. The van der Waals surface area contributed by atoms with Crippen molar-refractivity contribution >= 4 is 33.8 Å². The van der Waals surface area contributed by atoms with Crippen molar-refractivity contribution in [2.75, 3.05) is 4.90 Å². The second kappa shape index (κ2) is 5.76. The quantitative estimate of drug-likeness (QED) is 0.779. The molecule has 0 aliphatic rings. The topological polar surface area (TPSA) is 53.4 Å². The average molecular weight is 296 g/mol. The van der Waals surface area contributed by atoms with Crippen LogP contribution in [0.25, 0.3) is 0 Å². The van der Waals surface area contributed by atoms with E-state index >= 15 is 0 Å². The number of thiazole rings is 1. The van der Waals surface area contributed by atoms with Gasteiger partial charge >= 0.3 is 5.97 Å². The van der Waals surface area contributed by atoms with Gasteiger partial charge in [-0.05, 0) is 24.3 Å². The van der Waals surface area contributed by atoms with Gasteiger partial charge in [0.15, 0.2) is 10.8 Å². The van der Waals surface area contributed by atoms with Crippen LogP contribution in [0, 0.1) is 0 Å². The molecule has 1 heterocycles. The number of hydrogen-bond donors (Lipinski definition) is 1. The van der Waals surface area contributed by atoms with Gasteiger partial charge in [0.2, 0.25) is 0 Å². The first-order valence-corrected chi connectivity index (χ1v) is 7.23. The summed E-state index contributed by atoms with van der Waals surface area (Å²) < 4.78 is 0. The van der Waals surface area contributed by atoms with Gasteiger partial charge in [-0.2, -0.15) is 0 Å². The monoisotopic (exact) mass is 296 g/mol. The fourth-order valence-electron chi connectivity index (χ4n) is 1.99. The lowest BCUT2D eigenvalue weighted by Gasteiger charge is -2.21. The van der Waals surface area contributed by atoms with Crippen LogP contribution in [-0.2, 0) is 0 Å². The van der Waals surface area contributed by atoms with Gasteiger partial charge in [-0.25, -0.2) is 9.78 Å². The van der Waals surface area contributed by atoms with E-state index in [1.165, 1.54) is 11.3 Å². The third-order valence-corrected chi connectivity index (χ3v) is 3.76. The van der Waals surface area contributed by atoms with Gasteiger partial charge in [0, 0.05) is 16.8 Å². The third kappa shape index (κ3) is 2.78. The van der Waals surface area contributed by atoms with Crippen LogP contribution < -0.4 is 4.90 Å². The van der Waals surface area contributed by atoms with Crippen molar-refractivity contribution in [2.24, 2.45) is 0 Å². The van der Waals surface area contributed by atoms with E-state index in [0.717, 1.165) is 11.4 Å². The highest BCUT2D eigenvalue weighted by molar-refractivity contribution is 7.14. The fourth-order valence-corrected chi connectivity index (χ4v) is 2.83. The minimum Gasteiger partial charge on any atom is -0.476 e. The van der Waals surface area contributed by atoms with E-state index in [2.05, 4.69) is 4.98 Å². The van der Waals surface area contributed by atoms with E-state index in [-0.39, 0.29) is 5.69 Å². The fraction of sp³-hybridized carbons (Fsp3) is 0. The highest BCUT2D eigenvalue weighted by Gasteiger charge is 2.17. The molecule has 0 amide bonds. The molecule has 0 spiro atoms. The summed E-state index contributed by atoms with van der Waals surface area (Å²) in [4.78, 5) is 17.2. The molecule has 0 saturated carbocycles. The van der Waals surface area contributed by atoms with Gasteiger partial charge in [-0.15, -0.1) is 11.3 Å². The Labute approximate surface area is 125 Å². The SMILES string of the molecule is O=C(O)c1csc(N(c2ccccc2)c2ccccc2)n1. The lowest BCUT2D eigenvalue weighted by atomic mass is 10.2. The van der Waals surface area contributed by atoms with Crippen molar-refractivity contribution in [3.63, 3.8) is 0 Å². The molecule has 1 N–H and O–H groups in total. The zero-order valence-corrected chi connectivity index (χ0v) is 11.8. The molecular formula is C16H12N2O2S. The van der Waals surface area contributed by atoms with E-state index in [9.17, 15) is 4.79 Å². The molecule has 4 nitrogen and oxygen atoms in total. The smallest absolute Gasteiger partial charge is 0.355 e. The number of benzene rings is 2. The van der Waals surface area contributed by atoms with Gasteiger partial charge < -0.3 is 5.11 Å². The zero-order chi connectivity index (χ0) is 14.7. The Morgan fingerprint density at radius 1 is 0.952 bits per heavy atom. The summed E-state index contributed by atoms with van der Waals surface area (Å²) in [6, 6.07) is 19.5. The van der Waals surface area contributed by atoms with Crippen molar-refractivity contribution in [2.45, 2.75) is 0 Å². The number of carboxylic acid groups (broad SMARTS) is 1. The van der Waals surface area contributed by atoms with Gasteiger partial charge in [-0.3, -0.25) is 4.90 Å². The minimum absolute atomic E-state index is 0.0619. The molecule has 5 heteroatoms. The number of aromatic carboxylic acids is 1. The van der Waals surface area contributed by atoms with Crippen LogP contribution in [0.1, 0.15) is 10.5 Å². The first-order valence-electron chi connectivity index (χ1n) is 6.35. The molecule has 0 fully saturated rings. The van der Waals surface area contributed by atoms with Gasteiger partial charge in [0.05, 0.1) is 0 Å². The number of nitrogens with zero attached hydrogens (tertiary/aromatic N) is 2. The lowest BCUT2D eigenvalue weighted by Crippen LogP contribution is -2.10. The predicted octanol–water partition coefficient (Wildman–Crippen LogP) is 4.31. The number of hydrogen-bond acceptors (Lipinski definition) is 4. The number of carbonyl (C=O) groups is 1. The number of aromatic nitrogens is 1. The number of para-hydroxylation sites is 2. The maximum atomic E-state index is 11.0. The van der Waals surface area contributed by atoms with Crippen LogP contribution in [0.2, 0.25) is 0 Å². The third-order valence-electron chi connectivity index (χ3n) is 2.93. The van der Waals surface area contributed by atoms with Crippen LogP contribution >= 0.6 is 11.3 Å². The van der Waals surface area contributed by atoms with Crippen molar-refractivity contribution in [1.82, 2.24) is 4.98 Å². The van der Waals surface area contributed by atoms with E-state index in [0.29, 0.717) is 5.13 Å². The summed E-state index contributed by atoms with van der Waals surface area (Å²) in [5, 5.41) is 11.2. The van der Waals surface area contributed by atoms with E-state index in [1.54, 1.807) is 5.38 Å². The Bertz CT molecular complexity index is 702. The van der Waals surface area contributed by atoms with Gasteiger partial charge in [-0.1, -0.05) is 36.4 Å². The zero-order valence-electron chi connectivity index (χ0n) is 11.0. The summed E-state index contributed by atoms with van der Waals surface area (Å²) in [6.07, 6.45) is 0. The minimum atomic E-state index is -1.02. The van der Waals surface area contributed by atoms with Crippen molar-refractivity contribution < 1.29 is 9.90 Å². The summed E-state index contributed by atoms with van der Waals surface area (Å²) in [5.74, 6) is -1.02. The van der Waals surface area contributed by atoms with Crippen LogP contribution in [0.4, 0.5) is 16.5 Å². The Balaban J connectivity index is 2.10. The molecule has 21 heavy (non-hydrogen) atoms. The second-order valence-electron chi connectivity index (χ2n) is 4.33. The van der Waals surface area contributed by atoms with E-state index in [4.69, 9.17) is 5.11 Å². The van der Waals surface area contributed by atoms with Crippen molar-refractivity contribution in [3.05, 3.63) is 71.7 Å². The Morgan fingerprint density at radius 3 is 1.90 bits per heavy atom. The Morgan fingerprint density at radius 2 is 1.48 bits per heavy atom. The second-order valence-corrected chi connectivity index (χ2v) is 5.16. The van der Waals surface area contributed by atoms with Gasteiger partial charge in [0.1, 0.15) is 0 Å². The molecule has 3 rings (SSSR count). The van der Waals surface area contributed by atoms with Crippen LogP contribution in [0.15, 0.2) is 66.0 Å². The first-order chi connectivity index (χ1) is 10.3. The number of anilines is 3. The average Bonchev–Trinajstić information content (AvgIpc) is 3.00. The summed E-state index contributed by atoms with van der Waals surface area (Å²) >= 11 is 1.31. The number of rotatable bonds is 4. The molecule has 0 aliphatic carbocycles. The molecule has 2 aromatic carbocycles. The summed E-state index contributed by atoms with van der Waals surface area (Å²) in [5.41, 5.74) is 1.94. The highest BCUT2D eigenvalue weighted by Crippen LogP contribution is 2.35. The Hall–Kier alpha value is -2.66. The van der Waals surface area contributed by atoms with Crippen LogP contribution in [0.5, 0.6) is 0 Å². The summed E-state index contributed by atoms with van der Waals surface area (Å²) in [7, 11) is 0. The molecule has 0 aliphatic heterocycles. The largest absolute Gasteiger partial charge is 0.476 e. The van der Waals surface area contributed by atoms with Crippen molar-refractivity contribution in [3.8, 4) is 0 Å². The van der Waals surface area contributed by atoms with Gasteiger partial charge in [0.25, 0.3) is 0 Å². The summed E-state index contributed by atoms with van der Waals surface area (Å²) in [6.45, 7) is 0. The highest BCUT2D eigenvalue weighted by atomic mass is 32.1. The van der Waals surface area contributed by atoms with E-state index < -0.39 is 5.97 Å². The maximum absolute atomic E-state index is 11.0. The van der Waals surface area contributed by atoms with Crippen molar-refractivity contribution in [1.29, 1.82) is 0 Å². The first kappa shape index (κ1) is 13.3. The predicted molar refractivity (Wildman–Crippen MR) is 83.8 cm³/mol. The molecule has 0 radical (unpaired) electrons. The molecule has 0 bridgehead atoms. The molecule has 3 aromatic rings. The molecule has 0 unspecified atom stereocenters. The standard InChI is InChI=1S/C16H12N2O2S/c19-15(20)14-11-21-16(17-14)18(12-7-3-1-4-8-12)13-9-5-2-6-10-13/h1-11H,(H,19,20). The molecule has 0 saturated heterocycles. The number of carboxylic acids is 1. The Kier molecular flexibility index (Phi) is 3.66. The van der Waals surface area contributed by atoms with E-state index in [1.807, 2.05) is 65.6 Å². The molecular weight excluding hydrogens is 284 g/mol. The molecule has 0 atom stereocenters. The normalized spacial score (nSPS) is 10.3. The van der Waals surface area contributed by atoms with Crippen LogP contribution in [-0.4, -0.2) is 16.1 Å². The lowest BCUT2D eigenvalue weighted by molar-refractivity contribution is 0.0691.